The lowest BCUT2D eigenvalue weighted by Gasteiger charge is -2.15. The molecule has 0 radical (unpaired) electrons. The Hall–Kier alpha value is -0.680. The molecule has 86 valence electrons. The van der Waals surface area contributed by atoms with Crippen LogP contribution in [0.5, 0.6) is 0 Å². The molecule has 1 saturated heterocycles. The van der Waals surface area contributed by atoms with Gasteiger partial charge in [-0.3, -0.25) is 0 Å². The summed E-state index contributed by atoms with van der Waals surface area (Å²) < 4.78 is 0. The third kappa shape index (κ3) is 2.66. The second kappa shape index (κ2) is 4.45. The third-order valence-corrected chi connectivity index (χ3v) is 2.53. The SMILES string of the molecule is CC(C)(C)n1nnc([C@H]2CCC[NH2+]2)n1.[Cl-]. The molecular weight excluding hydrogens is 214 g/mol. The quantitative estimate of drug-likeness (QED) is 0.555. The first kappa shape index (κ1) is 12.4. The molecule has 0 spiro atoms. The van der Waals surface area contributed by atoms with Crippen molar-refractivity contribution in [3.8, 4) is 0 Å². The highest BCUT2D eigenvalue weighted by atomic mass is 35.5. The van der Waals surface area contributed by atoms with E-state index in [1.807, 2.05) is 0 Å². The summed E-state index contributed by atoms with van der Waals surface area (Å²) in [5.74, 6) is 0.887. The highest BCUT2D eigenvalue weighted by Gasteiger charge is 2.26. The highest BCUT2D eigenvalue weighted by molar-refractivity contribution is 4.86. The molecule has 0 aromatic carbocycles. The Bertz CT molecular complexity index is 311. The number of hydrogen-bond donors (Lipinski definition) is 1. The van der Waals surface area contributed by atoms with Crippen molar-refractivity contribution < 1.29 is 17.7 Å². The Morgan fingerprint density at radius 2 is 2.13 bits per heavy atom. The molecule has 2 heterocycles. The van der Waals surface area contributed by atoms with Crippen molar-refractivity contribution in [2.75, 3.05) is 6.54 Å². The van der Waals surface area contributed by atoms with Crippen molar-refractivity contribution in [1.29, 1.82) is 0 Å². The van der Waals surface area contributed by atoms with E-state index < -0.39 is 0 Å². The molecule has 1 atom stereocenters. The van der Waals surface area contributed by atoms with E-state index in [0.29, 0.717) is 6.04 Å². The van der Waals surface area contributed by atoms with E-state index in [0.717, 1.165) is 5.82 Å². The molecule has 0 bridgehead atoms. The number of hydrogen-bond acceptors (Lipinski definition) is 3. The van der Waals surface area contributed by atoms with Crippen molar-refractivity contribution >= 4 is 0 Å². The molecule has 1 fully saturated rings. The van der Waals surface area contributed by atoms with Crippen LogP contribution < -0.4 is 17.7 Å². The summed E-state index contributed by atoms with van der Waals surface area (Å²) in [6, 6.07) is 0.436. The Balaban J connectivity index is 0.00000112. The summed E-state index contributed by atoms with van der Waals surface area (Å²) >= 11 is 0. The summed E-state index contributed by atoms with van der Waals surface area (Å²) in [5.41, 5.74) is -0.0656. The number of halogens is 1. The molecule has 0 aliphatic carbocycles. The van der Waals surface area contributed by atoms with E-state index in [4.69, 9.17) is 0 Å². The zero-order valence-electron chi connectivity index (χ0n) is 9.44. The molecule has 1 aromatic heterocycles. The van der Waals surface area contributed by atoms with Gasteiger partial charge in [-0.15, -0.1) is 10.2 Å². The van der Waals surface area contributed by atoms with Crippen LogP contribution in [0.2, 0.25) is 0 Å². The number of quaternary nitrogens is 1. The van der Waals surface area contributed by atoms with Crippen LogP contribution in [-0.2, 0) is 5.54 Å². The van der Waals surface area contributed by atoms with Gasteiger partial charge in [-0.1, -0.05) is 0 Å². The summed E-state index contributed by atoms with van der Waals surface area (Å²) in [4.78, 5) is 1.70. The van der Waals surface area contributed by atoms with Crippen LogP contribution in [0.3, 0.4) is 0 Å². The average Bonchev–Trinajstić information content (AvgIpc) is 2.73. The first-order valence-electron chi connectivity index (χ1n) is 5.21. The maximum Gasteiger partial charge on any atom is 0.231 e. The molecule has 6 heteroatoms. The molecule has 1 aromatic rings. The van der Waals surface area contributed by atoms with E-state index in [-0.39, 0.29) is 17.9 Å². The van der Waals surface area contributed by atoms with Gasteiger partial charge < -0.3 is 17.7 Å². The van der Waals surface area contributed by atoms with E-state index in [1.54, 1.807) is 4.80 Å². The fraction of sp³-hybridized carbons (Fsp3) is 0.889. The molecular formula is C9H18ClN5. The monoisotopic (exact) mass is 231 g/mol. The van der Waals surface area contributed by atoms with Crippen LogP contribution in [0, 0.1) is 0 Å². The molecule has 2 rings (SSSR count). The van der Waals surface area contributed by atoms with Crippen LogP contribution in [0.15, 0.2) is 0 Å². The van der Waals surface area contributed by atoms with Gasteiger partial charge in [0.15, 0.2) is 6.04 Å². The largest absolute Gasteiger partial charge is 1.00 e. The van der Waals surface area contributed by atoms with Gasteiger partial charge in [0.05, 0.1) is 12.1 Å². The zero-order chi connectivity index (χ0) is 10.2. The summed E-state index contributed by atoms with van der Waals surface area (Å²) in [7, 11) is 0. The van der Waals surface area contributed by atoms with E-state index in [1.165, 1.54) is 19.4 Å². The molecule has 15 heavy (non-hydrogen) atoms. The molecule has 1 aliphatic heterocycles. The predicted octanol–water partition coefficient (Wildman–Crippen LogP) is -3.17. The number of nitrogens with two attached hydrogens (primary N) is 1. The third-order valence-electron chi connectivity index (χ3n) is 2.53. The normalized spacial score (nSPS) is 21.4. The molecule has 0 saturated carbocycles. The smallest absolute Gasteiger partial charge is 0.231 e. The summed E-state index contributed by atoms with van der Waals surface area (Å²) in [5, 5.41) is 14.9. The van der Waals surface area contributed by atoms with Gasteiger partial charge in [-0.05, 0) is 26.0 Å². The fourth-order valence-corrected chi connectivity index (χ4v) is 1.67. The van der Waals surface area contributed by atoms with Crippen molar-refractivity contribution in [3.63, 3.8) is 0 Å². The lowest BCUT2D eigenvalue weighted by atomic mass is 10.1. The Kier molecular flexibility index (Phi) is 3.67. The molecule has 0 unspecified atom stereocenters. The van der Waals surface area contributed by atoms with Gasteiger partial charge in [-0.2, -0.15) is 4.80 Å². The van der Waals surface area contributed by atoms with E-state index in [2.05, 4.69) is 41.5 Å². The maximum atomic E-state index is 4.43. The predicted molar refractivity (Wildman–Crippen MR) is 51.6 cm³/mol. The Labute approximate surface area is 96.0 Å². The second-order valence-electron chi connectivity index (χ2n) is 4.88. The highest BCUT2D eigenvalue weighted by Crippen LogP contribution is 2.15. The van der Waals surface area contributed by atoms with Gasteiger partial charge in [0.1, 0.15) is 0 Å². The zero-order valence-corrected chi connectivity index (χ0v) is 10.2. The average molecular weight is 232 g/mol. The molecule has 2 N–H and O–H groups in total. The fourth-order valence-electron chi connectivity index (χ4n) is 1.67. The first-order chi connectivity index (χ1) is 6.57. The van der Waals surface area contributed by atoms with Gasteiger partial charge in [0, 0.05) is 12.8 Å². The van der Waals surface area contributed by atoms with Crippen LogP contribution >= 0.6 is 0 Å². The van der Waals surface area contributed by atoms with Crippen LogP contribution in [0.4, 0.5) is 0 Å². The van der Waals surface area contributed by atoms with Crippen LogP contribution in [0.1, 0.15) is 45.5 Å². The number of nitrogens with zero attached hydrogens (tertiary/aromatic N) is 4. The first-order valence-corrected chi connectivity index (χ1v) is 5.21. The van der Waals surface area contributed by atoms with Gasteiger partial charge >= 0.3 is 0 Å². The summed E-state index contributed by atoms with van der Waals surface area (Å²) in [6.07, 6.45) is 2.44. The minimum absolute atomic E-state index is 0. The number of aromatic nitrogens is 4. The van der Waals surface area contributed by atoms with Crippen LogP contribution in [-0.4, -0.2) is 26.8 Å². The minimum atomic E-state index is -0.0656. The van der Waals surface area contributed by atoms with Crippen molar-refractivity contribution in [2.45, 2.75) is 45.2 Å². The summed E-state index contributed by atoms with van der Waals surface area (Å²) in [6.45, 7) is 7.43. The van der Waals surface area contributed by atoms with E-state index >= 15 is 0 Å². The second-order valence-corrected chi connectivity index (χ2v) is 4.88. The van der Waals surface area contributed by atoms with Gasteiger partial charge in [0.25, 0.3) is 0 Å². The van der Waals surface area contributed by atoms with Crippen LogP contribution in [0.25, 0.3) is 0 Å². The topological polar surface area (TPSA) is 60.2 Å². The number of rotatable bonds is 1. The molecule has 0 amide bonds. The maximum absolute atomic E-state index is 4.43. The minimum Gasteiger partial charge on any atom is -1.00 e. The van der Waals surface area contributed by atoms with Crippen molar-refractivity contribution in [2.24, 2.45) is 0 Å². The Morgan fingerprint density at radius 1 is 1.40 bits per heavy atom. The van der Waals surface area contributed by atoms with E-state index in [9.17, 15) is 0 Å². The molecule has 5 nitrogen and oxygen atoms in total. The number of tetrazole rings is 1. The van der Waals surface area contributed by atoms with Crippen molar-refractivity contribution in [1.82, 2.24) is 20.2 Å². The molecule has 1 aliphatic rings. The standard InChI is InChI=1S/C9H17N5.ClH/c1-9(2,3)14-12-8(11-13-14)7-5-4-6-10-7;/h7,10H,4-6H2,1-3H3;1H/t7-;/m1./s1. The van der Waals surface area contributed by atoms with Gasteiger partial charge in [0.2, 0.25) is 5.82 Å². The van der Waals surface area contributed by atoms with Crippen molar-refractivity contribution in [3.05, 3.63) is 5.82 Å². The Morgan fingerprint density at radius 3 is 2.60 bits per heavy atom. The lowest BCUT2D eigenvalue weighted by molar-refractivity contribution is -0.677. The van der Waals surface area contributed by atoms with Gasteiger partial charge in [-0.25, -0.2) is 0 Å². The lowest BCUT2D eigenvalue weighted by Crippen LogP contribution is -3.00.